The van der Waals surface area contributed by atoms with E-state index in [1.54, 1.807) is 13.8 Å². The van der Waals surface area contributed by atoms with Crippen molar-refractivity contribution in [3.63, 3.8) is 0 Å². The standard InChI is InChI=1S/C13H20N2O4/c1-8(2)7-18-5-6-19-12-11(13(16)17)9(3)10(4)14-15-12/h8H,5-7H2,1-4H3,(H,16,17). The number of hydrogen-bond acceptors (Lipinski definition) is 5. The van der Waals surface area contributed by atoms with Crippen LogP contribution in [0.25, 0.3) is 0 Å². The Morgan fingerprint density at radius 3 is 2.53 bits per heavy atom. The van der Waals surface area contributed by atoms with Crippen LogP contribution in [0.4, 0.5) is 0 Å². The van der Waals surface area contributed by atoms with Gasteiger partial charge in [0.25, 0.3) is 0 Å². The van der Waals surface area contributed by atoms with E-state index in [4.69, 9.17) is 14.6 Å². The predicted octanol–water partition coefficient (Wildman–Crippen LogP) is 1.84. The molecular weight excluding hydrogens is 248 g/mol. The summed E-state index contributed by atoms with van der Waals surface area (Å²) < 4.78 is 10.7. The van der Waals surface area contributed by atoms with Crippen LogP contribution < -0.4 is 4.74 Å². The molecule has 0 atom stereocenters. The Labute approximate surface area is 112 Å². The van der Waals surface area contributed by atoms with E-state index in [0.29, 0.717) is 30.4 Å². The molecule has 1 aromatic rings. The van der Waals surface area contributed by atoms with Gasteiger partial charge in [-0.3, -0.25) is 0 Å². The SMILES string of the molecule is Cc1nnc(OCCOCC(C)C)c(C(=O)O)c1C. The number of rotatable bonds is 7. The maximum atomic E-state index is 11.2. The molecule has 0 saturated carbocycles. The Morgan fingerprint density at radius 1 is 1.26 bits per heavy atom. The van der Waals surface area contributed by atoms with E-state index < -0.39 is 5.97 Å². The molecule has 1 aromatic heterocycles. The molecule has 1 heterocycles. The minimum absolute atomic E-state index is 0.0451. The summed E-state index contributed by atoms with van der Waals surface area (Å²) in [6.07, 6.45) is 0. The molecular formula is C13H20N2O4. The van der Waals surface area contributed by atoms with Crippen molar-refractivity contribution in [1.82, 2.24) is 10.2 Å². The van der Waals surface area contributed by atoms with Crippen LogP contribution in [0.2, 0.25) is 0 Å². The normalized spacial score (nSPS) is 10.8. The third kappa shape index (κ3) is 4.48. The maximum Gasteiger partial charge on any atom is 0.341 e. The van der Waals surface area contributed by atoms with Crippen LogP contribution in [0, 0.1) is 19.8 Å². The second kappa shape index (κ2) is 7.04. The fourth-order valence-electron chi connectivity index (χ4n) is 1.46. The third-order valence-corrected chi connectivity index (χ3v) is 2.55. The van der Waals surface area contributed by atoms with Crippen molar-refractivity contribution in [3.8, 4) is 5.88 Å². The second-order valence-electron chi connectivity index (χ2n) is 4.71. The summed E-state index contributed by atoms with van der Waals surface area (Å²) in [5, 5.41) is 16.8. The van der Waals surface area contributed by atoms with Gasteiger partial charge in [-0.15, -0.1) is 5.10 Å². The van der Waals surface area contributed by atoms with Crippen LogP contribution in [0.3, 0.4) is 0 Å². The van der Waals surface area contributed by atoms with Gasteiger partial charge in [0.05, 0.1) is 12.3 Å². The Kier molecular flexibility index (Phi) is 5.69. The molecule has 6 nitrogen and oxygen atoms in total. The number of carbonyl (C=O) groups is 1. The van der Waals surface area contributed by atoms with E-state index in [-0.39, 0.29) is 18.1 Å². The van der Waals surface area contributed by atoms with Crippen molar-refractivity contribution in [1.29, 1.82) is 0 Å². The average Bonchev–Trinajstić information content (AvgIpc) is 2.32. The number of aryl methyl sites for hydroxylation is 1. The first kappa shape index (κ1) is 15.4. The van der Waals surface area contributed by atoms with E-state index in [2.05, 4.69) is 24.0 Å². The second-order valence-corrected chi connectivity index (χ2v) is 4.71. The Bertz CT molecular complexity index is 447. The number of carboxylic acids is 1. The number of ether oxygens (including phenoxy) is 2. The van der Waals surface area contributed by atoms with Gasteiger partial charge < -0.3 is 14.6 Å². The summed E-state index contributed by atoms with van der Waals surface area (Å²) in [6.45, 7) is 8.81. The highest BCUT2D eigenvalue weighted by Gasteiger charge is 2.18. The highest BCUT2D eigenvalue weighted by molar-refractivity contribution is 5.91. The van der Waals surface area contributed by atoms with Crippen molar-refractivity contribution < 1.29 is 19.4 Å². The lowest BCUT2D eigenvalue weighted by molar-refractivity contribution is 0.0670. The molecule has 106 valence electrons. The molecule has 0 aliphatic rings. The summed E-state index contributed by atoms with van der Waals surface area (Å²) in [6, 6.07) is 0. The fourth-order valence-corrected chi connectivity index (χ4v) is 1.46. The lowest BCUT2D eigenvalue weighted by Crippen LogP contribution is -2.14. The first-order valence-electron chi connectivity index (χ1n) is 6.21. The quantitative estimate of drug-likeness (QED) is 0.760. The summed E-state index contributed by atoms with van der Waals surface area (Å²) in [4.78, 5) is 11.2. The van der Waals surface area contributed by atoms with Crippen molar-refractivity contribution in [2.75, 3.05) is 19.8 Å². The largest absolute Gasteiger partial charge is 0.477 e. The molecule has 19 heavy (non-hydrogen) atoms. The predicted molar refractivity (Wildman–Crippen MR) is 69.6 cm³/mol. The molecule has 1 rings (SSSR count). The molecule has 0 radical (unpaired) electrons. The molecule has 0 fully saturated rings. The number of carboxylic acid groups (broad SMARTS) is 1. The van der Waals surface area contributed by atoms with E-state index in [0.717, 1.165) is 0 Å². The van der Waals surface area contributed by atoms with Gasteiger partial charge >= 0.3 is 5.97 Å². The van der Waals surface area contributed by atoms with Gasteiger partial charge in [-0.25, -0.2) is 4.79 Å². The molecule has 0 amide bonds. The van der Waals surface area contributed by atoms with E-state index >= 15 is 0 Å². The average molecular weight is 268 g/mol. The highest BCUT2D eigenvalue weighted by atomic mass is 16.5. The van der Waals surface area contributed by atoms with Gasteiger partial charge in [-0.2, -0.15) is 5.10 Å². The van der Waals surface area contributed by atoms with Crippen molar-refractivity contribution >= 4 is 5.97 Å². The molecule has 0 bridgehead atoms. The number of aromatic carboxylic acids is 1. The number of nitrogens with zero attached hydrogens (tertiary/aromatic N) is 2. The summed E-state index contributed by atoms with van der Waals surface area (Å²) >= 11 is 0. The van der Waals surface area contributed by atoms with Crippen LogP contribution in [0.15, 0.2) is 0 Å². The third-order valence-electron chi connectivity index (χ3n) is 2.55. The highest BCUT2D eigenvalue weighted by Crippen LogP contribution is 2.20. The van der Waals surface area contributed by atoms with Gasteiger partial charge in [0, 0.05) is 6.61 Å². The monoisotopic (exact) mass is 268 g/mol. The summed E-state index contributed by atoms with van der Waals surface area (Å²) in [5.41, 5.74) is 1.22. The zero-order chi connectivity index (χ0) is 14.4. The van der Waals surface area contributed by atoms with Crippen LogP contribution in [0.5, 0.6) is 5.88 Å². The molecule has 0 unspecified atom stereocenters. The van der Waals surface area contributed by atoms with Crippen LogP contribution in [-0.4, -0.2) is 41.1 Å². The van der Waals surface area contributed by atoms with Gasteiger partial charge in [0.2, 0.25) is 5.88 Å². The smallest absolute Gasteiger partial charge is 0.341 e. The zero-order valence-corrected chi connectivity index (χ0v) is 11.8. The van der Waals surface area contributed by atoms with Crippen molar-refractivity contribution in [2.45, 2.75) is 27.7 Å². The lowest BCUT2D eigenvalue weighted by atomic mass is 10.1. The molecule has 0 aliphatic heterocycles. The molecule has 0 aliphatic carbocycles. The Hall–Kier alpha value is -1.69. The maximum absolute atomic E-state index is 11.2. The van der Waals surface area contributed by atoms with Gasteiger partial charge in [0.15, 0.2) is 0 Å². The first-order valence-corrected chi connectivity index (χ1v) is 6.21. The topological polar surface area (TPSA) is 81.5 Å². The summed E-state index contributed by atoms with van der Waals surface area (Å²) in [7, 11) is 0. The van der Waals surface area contributed by atoms with Gasteiger partial charge in [-0.05, 0) is 25.3 Å². The van der Waals surface area contributed by atoms with E-state index in [9.17, 15) is 4.79 Å². The zero-order valence-electron chi connectivity index (χ0n) is 11.8. The van der Waals surface area contributed by atoms with Crippen molar-refractivity contribution in [3.05, 3.63) is 16.8 Å². The van der Waals surface area contributed by atoms with Crippen LogP contribution in [-0.2, 0) is 4.74 Å². The van der Waals surface area contributed by atoms with E-state index in [1.807, 2.05) is 0 Å². The number of hydrogen-bond donors (Lipinski definition) is 1. The number of aromatic nitrogens is 2. The van der Waals surface area contributed by atoms with Gasteiger partial charge in [0.1, 0.15) is 12.2 Å². The van der Waals surface area contributed by atoms with Crippen molar-refractivity contribution in [2.24, 2.45) is 5.92 Å². The van der Waals surface area contributed by atoms with Crippen LogP contribution in [0.1, 0.15) is 35.5 Å². The van der Waals surface area contributed by atoms with Gasteiger partial charge in [-0.1, -0.05) is 13.8 Å². The van der Waals surface area contributed by atoms with Crippen LogP contribution >= 0.6 is 0 Å². The molecule has 6 heteroatoms. The Balaban J connectivity index is 2.63. The first-order chi connectivity index (χ1) is 8.93. The minimum atomic E-state index is -1.06. The summed E-state index contributed by atoms with van der Waals surface area (Å²) in [5.74, 6) is -0.562. The minimum Gasteiger partial charge on any atom is -0.477 e. The molecule has 0 spiro atoms. The molecule has 1 N–H and O–H groups in total. The van der Waals surface area contributed by atoms with E-state index in [1.165, 1.54) is 0 Å². The lowest BCUT2D eigenvalue weighted by Gasteiger charge is -2.11. The Morgan fingerprint density at radius 2 is 1.95 bits per heavy atom. The molecule has 0 saturated heterocycles. The fraction of sp³-hybridized carbons (Fsp3) is 0.615. The molecule has 0 aromatic carbocycles.